The summed E-state index contributed by atoms with van der Waals surface area (Å²) >= 11 is 0. The third-order valence-corrected chi connectivity index (χ3v) is 5.13. The molecule has 1 atom stereocenters. The van der Waals surface area contributed by atoms with Gasteiger partial charge in [0, 0.05) is 11.5 Å². The third kappa shape index (κ3) is 8.28. The first-order chi connectivity index (χ1) is 15.4. The predicted octanol–water partition coefficient (Wildman–Crippen LogP) is -5.30. The van der Waals surface area contributed by atoms with E-state index in [2.05, 4.69) is 11.8 Å². The number of aryl methyl sites for hydroxylation is 1. The van der Waals surface area contributed by atoms with E-state index in [4.69, 9.17) is 0 Å². The number of rotatable bonds is 7. The molecule has 162 valence electrons. The monoisotopic (exact) mass is 473 g/mol. The molecule has 3 aromatic carbocycles. The summed E-state index contributed by atoms with van der Waals surface area (Å²) in [5.41, 5.74) is 2.25. The van der Waals surface area contributed by atoms with Crippen LogP contribution in [0.4, 0.5) is 0 Å². The summed E-state index contributed by atoms with van der Waals surface area (Å²) in [5.74, 6) is 0.981. The molecule has 0 saturated carbocycles. The zero-order chi connectivity index (χ0) is 23.1. The van der Waals surface area contributed by atoms with Crippen molar-refractivity contribution in [2.45, 2.75) is 25.8 Å². The number of hydrogen-bond acceptors (Lipinski definition) is 5. The van der Waals surface area contributed by atoms with Crippen LogP contribution in [0, 0.1) is 11.8 Å². The molecule has 1 unspecified atom stereocenters. The van der Waals surface area contributed by atoms with Crippen LogP contribution >= 0.6 is 0 Å². The van der Waals surface area contributed by atoms with E-state index in [9.17, 15) is 24.6 Å². The Morgan fingerprint density at radius 3 is 2.09 bits per heavy atom. The van der Waals surface area contributed by atoms with Crippen LogP contribution in [-0.4, -0.2) is 35.3 Å². The Morgan fingerprint density at radius 2 is 1.50 bits per heavy atom. The maximum absolute atomic E-state index is 12.7. The molecular weight excluding hydrogens is 452 g/mol. The van der Waals surface area contributed by atoms with Gasteiger partial charge < -0.3 is 24.7 Å². The van der Waals surface area contributed by atoms with Crippen molar-refractivity contribution in [3.05, 3.63) is 83.4 Å². The maximum Gasteiger partial charge on any atom is 1.00 e. The summed E-state index contributed by atoms with van der Waals surface area (Å²) in [6.07, 6.45) is 0.715. The predicted molar refractivity (Wildman–Crippen MR) is 116 cm³/mol. The fourth-order valence-corrected chi connectivity index (χ4v) is 3.38. The maximum atomic E-state index is 12.7. The second kappa shape index (κ2) is 14.3. The second-order valence-corrected chi connectivity index (χ2v) is 7.33. The molecule has 0 aliphatic carbocycles. The van der Waals surface area contributed by atoms with Gasteiger partial charge >= 0.3 is 59.1 Å². The molecule has 3 aromatic rings. The first kappa shape index (κ1) is 29.9. The van der Waals surface area contributed by atoms with E-state index in [1.807, 2.05) is 49.4 Å². The second-order valence-electron chi connectivity index (χ2n) is 7.33. The van der Waals surface area contributed by atoms with Gasteiger partial charge in [-0.2, -0.15) is 0 Å². The van der Waals surface area contributed by atoms with Crippen LogP contribution in [0.3, 0.4) is 0 Å². The van der Waals surface area contributed by atoms with Crippen molar-refractivity contribution >= 4 is 28.6 Å². The van der Waals surface area contributed by atoms with Crippen LogP contribution in [0.5, 0.6) is 0 Å². The van der Waals surface area contributed by atoms with E-state index >= 15 is 0 Å². The first-order valence-electron chi connectivity index (χ1n) is 10.2. The standard InChI is InChI=1S/C26H23NO5.2Na/c1-2-18-7-9-20(10-8-18)16-23(26(31)32)27(17-25(29)30)24(28)14-12-19-11-13-21-5-3-4-6-22(21)15-19;;/h3-11,13,15,23H,2,16-17H2,1H3,(H,29,30)(H,31,32);;/q;2*+1/p-2. The molecule has 0 N–H and O–H groups in total. The number of carboxylic acid groups (broad SMARTS) is 2. The summed E-state index contributed by atoms with van der Waals surface area (Å²) in [5, 5.41) is 25.0. The van der Waals surface area contributed by atoms with Gasteiger partial charge in [0.05, 0.1) is 24.5 Å². The Hall–Kier alpha value is -2.11. The number of fused-ring (bicyclic) bond motifs is 1. The zero-order valence-corrected chi connectivity index (χ0v) is 23.5. The van der Waals surface area contributed by atoms with Crippen molar-refractivity contribution in [3.8, 4) is 11.8 Å². The summed E-state index contributed by atoms with van der Waals surface area (Å²) < 4.78 is 0. The minimum Gasteiger partial charge on any atom is -0.548 e. The molecule has 34 heavy (non-hydrogen) atoms. The van der Waals surface area contributed by atoms with E-state index in [1.54, 1.807) is 24.3 Å². The van der Waals surface area contributed by atoms with Gasteiger partial charge in [-0.15, -0.1) is 0 Å². The fraction of sp³-hybridized carbons (Fsp3) is 0.192. The summed E-state index contributed by atoms with van der Waals surface area (Å²) in [6.45, 7) is 1.09. The van der Waals surface area contributed by atoms with Gasteiger partial charge in [0.1, 0.15) is 0 Å². The molecule has 0 spiro atoms. The molecule has 0 saturated heterocycles. The van der Waals surface area contributed by atoms with Gasteiger partial charge in [-0.25, -0.2) is 0 Å². The van der Waals surface area contributed by atoms with Crippen LogP contribution < -0.4 is 69.3 Å². The quantitative estimate of drug-likeness (QED) is 0.252. The molecule has 0 aliphatic rings. The van der Waals surface area contributed by atoms with Gasteiger partial charge in [-0.05, 0) is 46.9 Å². The van der Waals surface area contributed by atoms with Crippen LogP contribution in [0.1, 0.15) is 23.6 Å². The number of carbonyl (C=O) groups excluding carboxylic acids is 3. The molecule has 1 amide bonds. The minimum atomic E-state index is -1.58. The number of benzene rings is 3. The van der Waals surface area contributed by atoms with Gasteiger partial charge in [0.25, 0.3) is 5.91 Å². The fourth-order valence-electron chi connectivity index (χ4n) is 3.38. The number of carbonyl (C=O) groups is 3. The first-order valence-corrected chi connectivity index (χ1v) is 10.2. The Kier molecular flexibility index (Phi) is 12.6. The van der Waals surface area contributed by atoms with E-state index in [1.165, 1.54) is 0 Å². The van der Waals surface area contributed by atoms with E-state index < -0.39 is 30.4 Å². The molecular formula is C26H21NNa2O5. The van der Waals surface area contributed by atoms with E-state index in [0.717, 1.165) is 22.8 Å². The van der Waals surface area contributed by atoms with Crippen molar-refractivity contribution in [1.29, 1.82) is 0 Å². The number of amides is 1. The Balaban J connectivity index is 0.00000289. The van der Waals surface area contributed by atoms with Crippen LogP contribution in [0.2, 0.25) is 0 Å². The van der Waals surface area contributed by atoms with E-state index in [0.29, 0.717) is 16.0 Å². The Morgan fingerprint density at radius 1 is 0.882 bits per heavy atom. The largest absolute Gasteiger partial charge is 1.00 e. The SMILES string of the molecule is CCc1ccc(CC(C(=O)[O-])N(CC(=O)[O-])C(=O)C#Cc2ccc3ccccc3c2)cc1.[Na+].[Na+]. The van der Waals surface area contributed by atoms with Gasteiger partial charge in [-0.1, -0.05) is 67.4 Å². The summed E-state index contributed by atoms with van der Waals surface area (Å²) in [4.78, 5) is 36.4. The van der Waals surface area contributed by atoms with Crippen molar-refractivity contribution in [2.24, 2.45) is 0 Å². The molecule has 6 nitrogen and oxygen atoms in total. The van der Waals surface area contributed by atoms with Crippen molar-refractivity contribution in [3.63, 3.8) is 0 Å². The zero-order valence-electron chi connectivity index (χ0n) is 19.5. The summed E-state index contributed by atoms with van der Waals surface area (Å²) in [7, 11) is 0. The number of nitrogens with zero attached hydrogens (tertiary/aromatic N) is 1. The number of aliphatic carboxylic acids is 2. The normalized spacial score (nSPS) is 10.6. The molecule has 0 fully saturated rings. The molecule has 0 heterocycles. The van der Waals surface area contributed by atoms with Gasteiger partial charge in [0.2, 0.25) is 0 Å². The smallest absolute Gasteiger partial charge is 0.548 e. The molecule has 8 heteroatoms. The third-order valence-electron chi connectivity index (χ3n) is 5.13. The molecule has 0 bridgehead atoms. The minimum absolute atomic E-state index is 0. The van der Waals surface area contributed by atoms with Crippen LogP contribution in [-0.2, 0) is 27.2 Å². The molecule has 0 aliphatic heterocycles. The average Bonchev–Trinajstić information content (AvgIpc) is 2.79. The Labute approximate surface area is 242 Å². The molecule has 0 radical (unpaired) electrons. The topological polar surface area (TPSA) is 101 Å². The Bertz CT molecular complexity index is 1220. The van der Waals surface area contributed by atoms with Crippen molar-refractivity contribution in [1.82, 2.24) is 4.90 Å². The van der Waals surface area contributed by atoms with Crippen LogP contribution in [0.25, 0.3) is 10.8 Å². The summed E-state index contributed by atoms with van der Waals surface area (Å²) in [6, 6.07) is 18.7. The van der Waals surface area contributed by atoms with E-state index in [-0.39, 0.29) is 65.5 Å². The molecule has 3 rings (SSSR count). The van der Waals surface area contributed by atoms with Gasteiger partial charge in [0.15, 0.2) is 0 Å². The van der Waals surface area contributed by atoms with Crippen molar-refractivity contribution in [2.75, 3.05) is 6.54 Å². The van der Waals surface area contributed by atoms with Crippen molar-refractivity contribution < 1.29 is 83.7 Å². The average molecular weight is 473 g/mol. The van der Waals surface area contributed by atoms with Gasteiger partial charge in [-0.3, -0.25) is 4.79 Å². The number of hydrogen-bond donors (Lipinski definition) is 0. The van der Waals surface area contributed by atoms with Crippen LogP contribution in [0.15, 0.2) is 66.7 Å². The number of carboxylic acids is 2. The molecule has 0 aromatic heterocycles.